The molecule has 0 saturated carbocycles. The number of hydrogen-bond acceptors (Lipinski definition) is 6. The molecule has 1 aliphatic heterocycles. The molecule has 0 aliphatic carbocycles. The molecule has 122 valence electrons. The summed E-state index contributed by atoms with van der Waals surface area (Å²) in [4.78, 5) is 8.00. The number of rotatable bonds is 5. The Hall–Kier alpha value is -1.87. The van der Waals surface area contributed by atoms with Gasteiger partial charge in [0.2, 0.25) is 10.0 Å². The van der Waals surface area contributed by atoms with Gasteiger partial charge in [0.1, 0.15) is 11.9 Å². The van der Waals surface area contributed by atoms with Crippen molar-refractivity contribution in [3.8, 4) is 0 Å². The van der Waals surface area contributed by atoms with Crippen molar-refractivity contribution in [3.05, 3.63) is 59.7 Å². The van der Waals surface area contributed by atoms with E-state index in [1.54, 1.807) is 6.07 Å². The predicted octanol–water partition coefficient (Wildman–Crippen LogP) is 0.885. The fraction of sp³-hybridized carbons (Fsp3) is 0.333. The van der Waals surface area contributed by atoms with Gasteiger partial charge in [-0.05, 0) is 23.6 Å². The minimum Gasteiger partial charge on any atom is -0.316 e. The molecule has 1 aliphatic rings. The monoisotopic (exact) mass is 334 g/mol. The van der Waals surface area contributed by atoms with Crippen LogP contribution in [-0.4, -0.2) is 40.2 Å². The topological polar surface area (TPSA) is 95.4 Å². The molecule has 1 aromatic heterocycles. The van der Waals surface area contributed by atoms with E-state index in [0.29, 0.717) is 19.5 Å². The van der Waals surface area contributed by atoms with E-state index < -0.39 is 16.1 Å². The zero-order chi connectivity index (χ0) is 16.3. The lowest BCUT2D eigenvalue weighted by atomic mass is 10.0. The van der Waals surface area contributed by atoms with Gasteiger partial charge in [-0.3, -0.25) is 0 Å². The van der Waals surface area contributed by atoms with Crippen LogP contribution in [0.15, 0.2) is 42.7 Å². The molecule has 2 N–H and O–H groups in total. The van der Waals surface area contributed by atoms with Crippen LogP contribution in [-0.2, 0) is 23.0 Å². The highest BCUT2D eigenvalue weighted by Crippen LogP contribution is 2.22. The highest BCUT2D eigenvalue weighted by atomic mass is 32.2. The second-order valence-corrected chi connectivity index (χ2v) is 7.43. The maximum atomic E-state index is 12.7. The second-order valence-electron chi connectivity index (χ2n) is 5.42. The third-order valence-corrected chi connectivity index (χ3v) is 5.77. The summed E-state index contributed by atoms with van der Waals surface area (Å²) < 4.78 is 26.8. The normalized spacial score (nSPS) is 16.7. The van der Waals surface area contributed by atoms with Crippen molar-refractivity contribution in [1.29, 1.82) is 0 Å². The van der Waals surface area contributed by atoms with Gasteiger partial charge in [-0.15, -0.1) is 0 Å². The van der Waals surface area contributed by atoms with Crippen molar-refractivity contribution in [1.82, 2.24) is 19.8 Å². The number of nitrogens with zero attached hydrogens (tertiary/aromatic N) is 3. The number of sulfonamides is 1. The van der Waals surface area contributed by atoms with Crippen LogP contribution in [0, 0.1) is 0 Å². The van der Waals surface area contributed by atoms with Crippen LogP contribution in [0.5, 0.6) is 0 Å². The summed E-state index contributed by atoms with van der Waals surface area (Å²) in [6.45, 7) is 0.791. The van der Waals surface area contributed by atoms with Crippen LogP contribution in [0.25, 0.3) is 0 Å². The van der Waals surface area contributed by atoms with Gasteiger partial charge in [0.25, 0.3) is 0 Å². The van der Waals surface area contributed by atoms with Crippen molar-refractivity contribution in [2.75, 3.05) is 12.3 Å². The Bertz CT molecular complexity index is 767. The molecule has 3 rings (SSSR count). The molecule has 2 heterocycles. The highest BCUT2D eigenvalue weighted by Gasteiger charge is 2.30. The molecular formula is C15H18N4O3S. The summed E-state index contributed by atoms with van der Waals surface area (Å²) in [5.74, 6) is -0.0497. The minimum absolute atomic E-state index is 0.246. The maximum absolute atomic E-state index is 12.7. The van der Waals surface area contributed by atoms with Crippen molar-refractivity contribution >= 4 is 10.0 Å². The Labute approximate surface area is 135 Å². The average molecular weight is 334 g/mol. The molecule has 0 radical (unpaired) electrons. The Morgan fingerprint density at radius 3 is 2.57 bits per heavy atom. The fourth-order valence-electron chi connectivity index (χ4n) is 2.68. The lowest BCUT2D eigenvalue weighted by Gasteiger charge is -2.29. The van der Waals surface area contributed by atoms with Crippen molar-refractivity contribution in [3.63, 3.8) is 0 Å². The smallest absolute Gasteiger partial charge is 0.216 e. The van der Waals surface area contributed by atoms with Crippen molar-refractivity contribution in [2.45, 2.75) is 19.0 Å². The molecule has 7 nitrogen and oxygen atoms in total. The van der Waals surface area contributed by atoms with Crippen LogP contribution in [0.2, 0.25) is 0 Å². The lowest BCUT2D eigenvalue weighted by molar-refractivity contribution is 0.130. The van der Waals surface area contributed by atoms with Gasteiger partial charge in [-0.2, -0.15) is 9.79 Å². The molecular weight excluding hydrogens is 316 g/mol. The largest absolute Gasteiger partial charge is 0.316 e. The van der Waals surface area contributed by atoms with Crippen LogP contribution in [0.1, 0.15) is 23.0 Å². The Balaban J connectivity index is 1.77. The first-order valence-electron chi connectivity index (χ1n) is 7.31. The summed E-state index contributed by atoms with van der Waals surface area (Å²) in [7, 11) is -3.55. The van der Waals surface area contributed by atoms with E-state index in [9.17, 15) is 13.6 Å². The van der Waals surface area contributed by atoms with Gasteiger partial charge < -0.3 is 5.21 Å². The zero-order valence-electron chi connectivity index (χ0n) is 12.5. The van der Waals surface area contributed by atoms with Crippen LogP contribution in [0.4, 0.5) is 0 Å². The highest BCUT2D eigenvalue weighted by molar-refractivity contribution is 7.89. The Kier molecular flexibility index (Phi) is 4.67. The average Bonchev–Trinajstić information content (AvgIpc) is 2.60. The molecule has 0 bridgehead atoms. The molecule has 0 amide bonds. The second kappa shape index (κ2) is 6.71. The first kappa shape index (κ1) is 16.0. The fourth-order valence-corrected chi connectivity index (χ4v) is 4.24. The van der Waals surface area contributed by atoms with Crippen molar-refractivity contribution < 1.29 is 13.6 Å². The van der Waals surface area contributed by atoms with Gasteiger partial charge in [0, 0.05) is 25.5 Å². The summed E-state index contributed by atoms with van der Waals surface area (Å²) in [6, 6.07) is 8.60. The summed E-state index contributed by atoms with van der Waals surface area (Å²) in [5.41, 5.74) is 4.20. The van der Waals surface area contributed by atoms with Crippen LogP contribution in [0.3, 0.4) is 0 Å². The van der Waals surface area contributed by atoms with Gasteiger partial charge >= 0.3 is 0 Å². The molecule has 0 spiro atoms. The molecule has 0 saturated heterocycles. The molecule has 0 fully saturated rings. The van der Waals surface area contributed by atoms with Crippen LogP contribution >= 0.6 is 0 Å². The van der Waals surface area contributed by atoms with Gasteiger partial charge in [0.15, 0.2) is 0 Å². The predicted molar refractivity (Wildman–Crippen MR) is 84.0 cm³/mol. The standard InChI is InChI=1S/C15H18N4O3S/c20-18-14(15-16-7-3-8-17-15)11-23(21,22)19-9-6-12-4-1-2-5-13(12)10-19/h1-5,7-8,14,18,20H,6,9-11H2. The van der Waals surface area contributed by atoms with E-state index in [0.717, 1.165) is 5.56 Å². The minimum atomic E-state index is -3.55. The molecule has 8 heteroatoms. The van der Waals surface area contributed by atoms with Gasteiger partial charge in [0.05, 0.1) is 5.75 Å². The van der Waals surface area contributed by atoms with E-state index in [1.807, 2.05) is 29.7 Å². The number of hydrogen-bond donors (Lipinski definition) is 2. The quantitative estimate of drug-likeness (QED) is 0.788. The summed E-state index contributed by atoms with van der Waals surface area (Å²) in [6.07, 6.45) is 3.71. The molecule has 23 heavy (non-hydrogen) atoms. The third-order valence-electron chi connectivity index (χ3n) is 3.92. The van der Waals surface area contributed by atoms with E-state index in [1.165, 1.54) is 22.3 Å². The van der Waals surface area contributed by atoms with E-state index in [-0.39, 0.29) is 11.6 Å². The lowest BCUT2D eigenvalue weighted by Crippen LogP contribution is -2.40. The Morgan fingerprint density at radius 2 is 1.87 bits per heavy atom. The number of aromatic nitrogens is 2. The maximum Gasteiger partial charge on any atom is 0.216 e. The van der Waals surface area contributed by atoms with Crippen molar-refractivity contribution in [2.24, 2.45) is 0 Å². The summed E-state index contributed by atoms with van der Waals surface area (Å²) in [5, 5.41) is 9.29. The third kappa shape index (κ3) is 3.56. The first-order valence-corrected chi connectivity index (χ1v) is 8.92. The molecule has 1 aromatic carbocycles. The van der Waals surface area contributed by atoms with Gasteiger partial charge in [-0.25, -0.2) is 18.4 Å². The molecule has 1 unspecified atom stereocenters. The van der Waals surface area contributed by atoms with Crippen LogP contribution < -0.4 is 5.48 Å². The number of benzene rings is 1. The van der Waals surface area contributed by atoms with Gasteiger partial charge in [-0.1, -0.05) is 24.3 Å². The Morgan fingerprint density at radius 1 is 1.17 bits per heavy atom. The first-order chi connectivity index (χ1) is 11.1. The molecule has 1 atom stereocenters. The van der Waals surface area contributed by atoms with E-state index >= 15 is 0 Å². The number of fused-ring (bicyclic) bond motifs is 1. The zero-order valence-corrected chi connectivity index (χ0v) is 13.3. The van der Waals surface area contributed by atoms with E-state index in [2.05, 4.69) is 9.97 Å². The number of hydroxylamine groups is 1. The SMILES string of the molecule is O=S(=O)(CC(NO)c1ncccn1)N1CCc2ccccc2C1. The summed E-state index contributed by atoms with van der Waals surface area (Å²) >= 11 is 0. The number of nitrogens with one attached hydrogen (secondary N) is 1. The van der Waals surface area contributed by atoms with E-state index in [4.69, 9.17) is 0 Å². The molecule has 2 aromatic rings.